The summed E-state index contributed by atoms with van der Waals surface area (Å²) in [6.45, 7) is 3.02. The number of aromatic nitrogens is 1. The van der Waals surface area contributed by atoms with Crippen LogP contribution in [0.1, 0.15) is 16.8 Å². The minimum Gasteiger partial charge on any atom is -0.478 e. The molecular formula is C13H16ClN3O2. The molecule has 1 aromatic rings. The Morgan fingerprint density at radius 2 is 2.32 bits per heavy atom. The molecule has 6 heteroatoms. The standard InChI is InChI=1S/C13H16ClN3O2/c1-16-3-2-8-6-17(7-11(8)16)12-10(14)4-9(5-15-12)13(18)19/h4-5,8,11H,2-3,6-7H2,1H3,(H,18,19)/t8-,11+/m1/s1. The van der Waals surface area contributed by atoms with Gasteiger partial charge in [0.25, 0.3) is 0 Å². The van der Waals surface area contributed by atoms with Gasteiger partial charge in [-0.25, -0.2) is 9.78 Å². The van der Waals surface area contributed by atoms with Gasteiger partial charge in [0.15, 0.2) is 0 Å². The molecule has 0 spiro atoms. The summed E-state index contributed by atoms with van der Waals surface area (Å²) < 4.78 is 0. The number of carbonyl (C=O) groups is 1. The number of carboxylic acids is 1. The molecular weight excluding hydrogens is 266 g/mol. The van der Waals surface area contributed by atoms with Crippen LogP contribution in [0.15, 0.2) is 12.3 Å². The predicted octanol–water partition coefficient (Wildman–Crippen LogP) is 1.57. The van der Waals surface area contributed by atoms with Crippen LogP contribution in [0.25, 0.3) is 0 Å². The van der Waals surface area contributed by atoms with Gasteiger partial charge in [-0.15, -0.1) is 0 Å². The van der Waals surface area contributed by atoms with Crippen molar-refractivity contribution in [3.8, 4) is 0 Å². The van der Waals surface area contributed by atoms with Gasteiger partial charge in [0.05, 0.1) is 10.6 Å². The third-order valence-corrected chi connectivity index (χ3v) is 4.47. The lowest BCUT2D eigenvalue weighted by molar-refractivity contribution is 0.0696. The van der Waals surface area contributed by atoms with Crippen LogP contribution in [0.5, 0.6) is 0 Å². The molecule has 2 aliphatic heterocycles. The summed E-state index contributed by atoms with van der Waals surface area (Å²) in [6, 6.07) is 2.04. The highest BCUT2D eigenvalue weighted by Gasteiger charge is 2.40. The lowest BCUT2D eigenvalue weighted by Crippen LogP contribution is -2.32. The molecule has 0 aliphatic carbocycles. The van der Waals surface area contributed by atoms with E-state index >= 15 is 0 Å². The van der Waals surface area contributed by atoms with Crippen molar-refractivity contribution in [2.45, 2.75) is 12.5 Å². The Bertz CT molecular complexity index is 523. The van der Waals surface area contributed by atoms with E-state index in [2.05, 4.69) is 21.8 Å². The SMILES string of the molecule is CN1CC[C@@H]2CN(c3ncc(C(=O)O)cc3Cl)C[C@@H]21. The number of halogens is 1. The van der Waals surface area contributed by atoms with Crippen molar-refractivity contribution < 1.29 is 9.90 Å². The first-order valence-corrected chi connectivity index (χ1v) is 6.78. The Balaban J connectivity index is 1.82. The molecule has 0 amide bonds. The van der Waals surface area contributed by atoms with E-state index in [4.69, 9.17) is 16.7 Å². The monoisotopic (exact) mass is 281 g/mol. The molecule has 1 N–H and O–H groups in total. The average Bonchev–Trinajstić information content (AvgIpc) is 2.92. The Hall–Kier alpha value is -1.33. The lowest BCUT2D eigenvalue weighted by atomic mass is 10.1. The number of carboxylic acid groups (broad SMARTS) is 1. The molecule has 2 atom stereocenters. The van der Waals surface area contributed by atoms with Gasteiger partial charge in [-0.05, 0) is 32.0 Å². The highest BCUT2D eigenvalue weighted by molar-refractivity contribution is 6.33. The average molecular weight is 282 g/mol. The number of likely N-dealkylation sites (N-methyl/N-ethyl adjacent to an activating group) is 1. The van der Waals surface area contributed by atoms with Crippen LogP contribution in [0.2, 0.25) is 5.02 Å². The normalized spacial score (nSPS) is 26.7. The highest BCUT2D eigenvalue weighted by atomic mass is 35.5. The van der Waals surface area contributed by atoms with Crippen LogP contribution < -0.4 is 4.90 Å². The number of nitrogens with zero attached hydrogens (tertiary/aromatic N) is 3. The first-order valence-electron chi connectivity index (χ1n) is 6.40. The predicted molar refractivity (Wildman–Crippen MR) is 72.9 cm³/mol. The summed E-state index contributed by atoms with van der Waals surface area (Å²) in [5.74, 6) is 0.371. The molecule has 2 aliphatic rings. The smallest absolute Gasteiger partial charge is 0.337 e. The Kier molecular flexibility index (Phi) is 3.11. The van der Waals surface area contributed by atoms with E-state index < -0.39 is 5.97 Å². The second kappa shape index (κ2) is 4.65. The van der Waals surface area contributed by atoms with Gasteiger partial charge in [0.1, 0.15) is 5.82 Å². The summed E-state index contributed by atoms with van der Waals surface area (Å²) in [6.07, 6.45) is 2.59. The zero-order valence-corrected chi connectivity index (χ0v) is 11.5. The highest BCUT2D eigenvalue weighted by Crippen LogP contribution is 2.35. The number of hydrogen-bond acceptors (Lipinski definition) is 4. The van der Waals surface area contributed by atoms with E-state index in [0.29, 0.717) is 22.8 Å². The van der Waals surface area contributed by atoms with E-state index in [-0.39, 0.29) is 5.56 Å². The van der Waals surface area contributed by atoms with Gasteiger partial charge in [-0.1, -0.05) is 11.6 Å². The number of aromatic carboxylic acids is 1. The lowest BCUT2D eigenvalue weighted by Gasteiger charge is -2.22. The van der Waals surface area contributed by atoms with E-state index in [1.807, 2.05) is 0 Å². The molecule has 3 rings (SSSR count). The van der Waals surface area contributed by atoms with Gasteiger partial charge in [0, 0.05) is 25.3 Å². The van der Waals surface area contributed by atoms with Gasteiger partial charge >= 0.3 is 5.97 Å². The van der Waals surface area contributed by atoms with E-state index in [9.17, 15) is 4.79 Å². The topological polar surface area (TPSA) is 56.7 Å². The van der Waals surface area contributed by atoms with Crippen LogP contribution >= 0.6 is 11.6 Å². The number of rotatable bonds is 2. The van der Waals surface area contributed by atoms with Crippen molar-refractivity contribution in [1.29, 1.82) is 0 Å². The summed E-state index contributed by atoms with van der Waals surface area (Å²) >= 11 is 6.17. The van der Waals surface area contributed by atoms with Gasteiger partial charge in [-0.3, -0.25) is 0 Å². The van der Waals surface area contributed by atoms with Crippen LogP contribution in [-0.2, 0) is 0 Å². The second-order valence-electron chi connectivity index (χ2n) is 5.34. The van der Waals surface area contributed by atoms with Crippen LogP contribution in [0.4, 0.5) is 5.82 Å². The Labute approximate surface area is 116 Å². The van der Waals surface area contributed by atoms with Gasteiger partial charge in [-0.2, -0.15) is 0 Å². The first kappa shape index (κ1) is 12.7. The van der Waals surface area contributed by atoms with Crippen molar-refractivity contribution in [2.75, 3.05) is 31.6 Å². The second-order valence-corrected chi connectivity index (χ2v) is 5.74. The van der Waals surface area contributed by atoms with E-state index in [0.717, 1.165) is 19.6 Å². The number of fused-ring (bicyclic) bond motifs is 1. The maximum Gasteiger partial charge on any atom is 0.337 e. The molecule has 1 aromatic heterocycles. The van der Waals surface area contributed by atoms with Crippen molar-refractivity contribution in [1.82, 2.24) is 9.88 Å². The van der Waals surface area contributed by atoms with E-state index in [1.54, 1.807) is 0 Å². The number of likely N-dealkylation sites (tertiary alicyclic amines) is 1. The molecule has 2 saturated heterocycles. The fourth-order valence-electron chi connectivity index (χ4n) is 3.13. The molecule has 19 heavy (non-hydrogen) atoms. The minimum absolute atomic E-state index is 0.130. The summed E-state index contributed by atoms with van der Waals surface area (Å²) in [4.78, 5) is 19.6. The number of hydrogen-bond donors (Lipinski definition) is 1. The Morgan fingerprint density at radius 3 is 2.95 bits per heavy atom. The van der Waals surface area contributed by atoms with Crippen molar-refractivity contribution in [2.24, 2.45) is 5.92 Å². The molecule has 3 heterocycles. The largest absolute Gasteiger partial charge is 0.478 e. The zero-order valence-electron chi connectivity index (χ0n) is 10.7. The molecule has 0 radical (unpaired) electrons. The van der Waals surface area contributed by atoms with Crippen LogP contribution in [-0.4, -0.2) is 53.7 Å². The molecule has 0 aromatic carbocycles. The fourth-order valence-corrected chi connectivity index (χ4v) is 3.41. The van der Waals surface area contributed by atoms with Gasteiger partial charge < -0.3 is 14.9 Å². The molecule has 0 bridgehead atoms. The number of anilines is 1. The van der Waals surface area contributed by atoms with Crippen molar-refractivity contribution in [3.63, 3.8) is 0 Å². The molecule has 102 valence electrons. The third-order valence-electron chi connectivity index (χ3n) is 4.19. The fraction of sp³-hybridized carbons (Fsp3) is 0.538. The Morgan fingerprint density at radius 1 is 1.53 bits per heavy atom. The quantitative estimate of drug-likeness (QED) is 0.892. The van der Waals surface area contributed by atoms with E-state index in [1.165, 1.54) is 18.7 Å². The van der Waals surface area contributed by atoms with Crippen molar-refractivity contribution in [3.05, 3.63) is 22.8 Å². The maximum atomic E-state index is 10.9. The summed E-state index contributed by atoms with van der Waals surface area (Å²) in [5.41, 5.74) is 0.130. The van der Waals surface area contributed by atoms with Crippen LogP contribution in [0.3, 0.4) is 0 Å². The van der Waals surface area contributed by atoms with Crippen LogP contribution in [0, 0.1) is 5.92 Å². The minimum atomic E-state index is -1.00. The van der Waals surface area contributed by atoms with Gasteiger partial charge in [0.2, 0.25) is 0 Å². The molecule has 5 nitrogen and oxygen atoms in total. The van der Waals surface area contributed by atoms with Crippen molar-refractivity contribution >= 4 is 23.4 Å². The number of pyridine rings is 1. The summed E-state index contributed by atoms with van der Waals surface area (Å²) in [5, 5.41) is 9.33. The molecule has 0 saturated carbocycles. The summed E-state index contributed by atoms with van der Waals surface area (Å²) in [7, 11) is 2.15. The molecule has 0 unspecified atom stereocenters. The third kappa shape index (κ3) is 2.17. The maximum absolute atomic E-state index is 10.9. The first-order chi connectivity index (χ1) is 9.06. The molecule has 2 fully saturated rings. The zero-order chi connectivity index (χ0) is 13.6.